The number of nitrogens with one attached hydrogen (secondary N) is 1. The Labute approximate surface area is 126 Å². The smallest absolute Gasteiger partial charge is 0.296 e. The minimum atomic E-state index is -0.617. The third-order valence-corrected chi connectivity index (χ3v) is 3.68. The Balaban J connectivity index is 1.91. The van der Waals surface area contributed by atoms with Gasteiger partial charge in [0.1, 0.15) is 0 Å². The fourth-order valence-corrected chi connectivity index (χ4v) is 2.67. The van der Waals surface area contributed by atoms with Gasteiger partial charge in [-0.15, -0.1) is 0 Å². The lowest BCUT2D eigenvalue weighted by molar-refractivity contribution is -0.112. The zero-order valence-electron chi connectivity index (χ0n) is 11.6. The summed E-state index contributed by atoms with van der Waals surface area (Å²) in [6, 6.07) is 3.25. The van der Waals surface area contributed by atoms with E-state index in [2.05, 4.69) is 10.4 Å². The molecule has 0 radical (unpaired) electrons. The van der Waals surface area contributed by atoms with Crippen LogP contribution >= 0.6 is 11.6 Å². The number of Topliss-reactive ketones (excluding diaryl/α,β-unsaturated/α-hetero) is 1. The van der Waals surface area contributed by atoms with Gasteiger partial charge < -0.3 is 10.2 Å². The molecule has 0 spiro atoms. The Morgan fingerprint density at radius 1 is 1.38 bits per heavy atom. The quantitative estimate of drug-likeness (QED) is 0.879. The highest BCUT2D eigenvalue weighted by atomic mass is 35.5. The number of amides is 1. The van der Waals surface area contributed by atoms with Crippen LogP contribution in [0.4, 0.5) is 11.4 Å². The molecule has 21 heavy (non-hydrogen) atoms. The Morgan fingerprint density at radius 3 is 2.81 bits per heavy atom. The van der Waals surface area contributed by atoms with Gasteiger partial charge in [-0.25, -0.2) is 0 Å². The lowest BCUT2D eigenvalue weighted by Crippen LogP contribution is -2.16. The van der Waals surface area contributed by atoms with Gasteiger partial charge in [-0.2, -0.15) is 5.10 Å². The van der Waals surface area contributed by atoms with Gasteiger partial charge in [-0.3, -0.25) is 14.3 Å². The number of aryl methyl sites for hydroxylation is 1. The molecule has 1 N–H and O–H groups in total. The molecule has 2 heterocycles. The fourth-order valence-electron chi connectivity index (χ4n) is 2.36. The molecular weight excluding hydrogens is 292 g/mol. The second-order valence-corrected chi connectivity index (χ2v) is 5.42. The lowest BCUT2D eigenvalue weighted by atomic mass is 10.1. The number of ketones is 1. The highest BCUT2D eigenvalue weighted by Gasteiger charge is 2.29. The Kier molecular flexibility index (Phi) is 3.17. The molecule has 1 aliphatic rings. The largest absolute Gasteiger partial charge is 0.369 e. The fraction of sp³-hybridized carbons (Fsp3) is 0.214. The second kappa shape index (κ2) is 4.89. The van der Waals surface area contributed by atoms with Crippen molar-refractivity contribution in [2.45, 2.75) is 6.54 Å². The van der Waals surface area contributed by atoms with Crippen molar-refractivity contribution in [1.82, 2.24) is 9.78 Å². The van der Waals surface area contributed by atoms with Crippen molar-refractivity contribution in [2.24, 2.45) is 7.05 Å². The van der Waals surface area contributed by atoms with Crippen molar-refractivity contribution in [1.29, 1.82) is 0 Å². The van der Waals surface area contributed by atoms with Crippen LogP contribution in [0.3, 0.4) is 0 Å². The number of hydrogen-bond donors (Lipinski definition) is 1. The van der Waals surface area contributed by atoms with Crippen LogP contribution in [0.1, 0.15) is 15.9 Å². The van der Waals surface area contributed by atoms with Gasteiger partial charge in [-0.1, -0.05) is 11.6 Å². The number of aromatic nitrogens is 2. The summed E-state index contributed by atoms with van der Waals surface area (Å²) in [5.41, 5.74) is 2.61. The molecule has 3 rings (SSSR count). The van der Waals surface area contributed by atoms with Crippen LogP contribution in [0.25, 0.3) is 0 Å². The van der Waals surface area contributed by atoms with Crippen LogP contribution < -0.4 is 10.2 Å². The van der Waals surface area contributed by atoms with Gasteiger partial charge in [-0.05, 0) is 12.1 Å². The topological polar surface area (TPSA) is 67.2 Å². The number of anilines is 2. The number of benzene rings is 1. The van der Waals surface area contributed by atoms with E-state index in [1.54, 1.807) is 16.9 Å². The third kappa shape index (κ3) is 2.38. The van der Waals surface area contributed by atoms with Crippen LogP contribution in [0.2, 0.25) is 5.02 Å². The zero-order chi connectivity index (χ0) is 15.1. The molecule has 0 fully saturated rings. The maximum Gasteiger partial charge on any atom is 0.296 e. The first kappa shape index (κ1) is 13.6. The van der Waals surface area contributed by atoms with Gasteiger partial charge in [0.15, 0.2) is 0 Å². The predicted octanol–water partition coefficient (Wildman–Crippen LogP) is 1.84. The van der Waals surface area contributed by atoms with E-state index in [0.717, 1.165) is 11.3 Å². The highest BCUT2D eigenvalue weighted by molar-refractivity contribution is 6.52. The van der Waals surface area contributed by atoms with Gasteiger partial charge in [0.2, 0.25) is 0 Å². The number of carbonyl (C=O) groups is 2. The van der Waals surface area contributed by atoms with Crippen molar-refractivity contribution in [2.75, 3.05) is 17.3 Å². The van der Waals surface area contributed by atoms with E-state index in [0.29, 0.717) is 22.8 Å². The van der Waals surface area contributed by atoms with Gasteiger partial charge in [0.25, 0.3) is 11.7 Å². The SMILES string of the molecule is CN(Cc1cnn(C)c1)c1cc2c(cc1Cl)C(=O)C(=O)N2. The first-order valence-electron chi connectivity index (χ1n) is 6.33. The minimum Gasteiger partial charge on any atom is -0.369 e. The number of carbonyl (C=O) groups excluding carboxylic acids is 2. The molecule has 7 heteroatoms. The molecule has 2 aromatic rings. The monoisotopic (exact) mass is 304 g/mol. The Morgan fingerprint density at radius 2 is 2.14 bits per heavy atom. The van der Waals surface area contributed by atoms with Gasteiger partial charge in [0, 0.05) is 32.4 Å². The summed E-state index contributed by atoms with van der Waals surface area (Å²) in [5, 5.41) is 7.10. The molecular formula is C14H13ClN4O2. The van der Waals surface area contributed by atoms with E-state index in [-0.39, 0.29) is 0 Å². The van der Waals surface area contributed by atoms with Gasteiger partial charge >= 0.3 is 0 Å². The molecule has 1 aliphatic heterocycles. The summed E-state index contributed by atoms with van der Waals surface area (Å²) in [6.07, 6.45) is 3.70. The summed E-state index contributed by atoms with van der Waals surface area (Å²) in [5.74, 6) is -1.17. The first-order valence-corrected chi connectivity index (χ1v) is 6.71. The summed E-state index contributed by atoms with van der Waals surface area (Å²) >= 11 is 6.23. The number of hydrogen-bond acceptors (Lipinski definition) is 4. The van der Waals surface area contributed by atoms with Crippen molar-refractivity contribution >= 4 is 34.7 Å². The highest BCUT2D eigenvalue weighted by Crippen LogP contribution is 2.35. The van der Waals surface area contributed by atoms with Crippen LogP contribution in [-0.2, 0) is 18.4 Å². The maximum atomic E-state index is 11.6. The average molecular weight is 305 g/mol. The van der Waals surface area contributed by atoms with Crippen LogP contribution in [-0.4, -0.2) is 28.5 Å². The third-order valence-electron chi connectivity index (χ3n) is 3.38. The predicted molar refractivity (Wildman–Crippen MR) is 79.7 cm³/mol. The Bertz CT molecular complexity index is 753. The zero-order valence-corrected chi connectivity index (χ0v) is 12.3. The molecule has 1 aromatic carbocycles. The number of halogens is 1. The van der Waals surface area contributed by atoms with E-state index in [4.69, 9.17) is 11.6 Å². The molecule has 0 unspecified atom stereocenters. The minimum absolute atomic E-state index is 0.323. The molecule has 0 aliphatic carbocycles. The van der Waals surface area contributed by atoms with Crippen LogP contribution in [0.15, 0.2) is 24.5 Å². The molecule has 0 saturated carbocycles. The lowest BCUT2D eigenvalue weighted by Gasteiger charge is -2.20. The molecule has 6 nitrogen and oxygen atoms in total. The van der Waals surface area contributed by atoms with E-state index in [9.17, 15) is 9.59 Å². The van der Waals surface area contributed by atoms with E-state index < -0.39 is 11.7 Å². The van der Waals surface area contributed by atoms with E-state index >= 15 is 0 Å². The molecule has 0 bridgehead atoms. The number of rotatable bonds is 3. The summed E-state index contributed by atoms with van der Waals surface area (Å²) < 4.78 is 1.73. The van der Waals surface area contributed by atoms with Crippen molar-refractivity contribution in [3.63, 3.8) is 0 Å². The number of fused-ring (bicyclic) bond motifs is 1. The van der Waals surface area contributed by atoms with E-state index in [1.165, 1.54) is 6.07 Å². The normalized spacial score (nSPS) is 13.3. The second-order valence-electron chi connectivity index (χ2n) is 5.01. The molecule has 0 saturated heterocycles. The standard InChI is InChI=1S/C14H13ClN4O2/c1-18(6-8-5-16-19(2)7-8)12-4-11-9(3-10(12)15)13(20)14(21)17-11/h3-5,7H,6H2,1-2H3,(H,17,20,21). The van der Waals surface area contributed by atoms with Gasteiger partial charge in [0.05, 0.1) is 28.2 Å². The summed E-state index contributed by atoms with van der Waals surface area (Å²) in [7, 11) is 3.74. The molecule has 0 atom stereocenters. The molecule has 108 valence electrons. The summed E-state index contributed by atoms with van der Waals surface area (Å²) in [4.78, 5) is 25.0. The average Bonchev–Trinajstić information content (AvgIpc) is 2.95. The maximum absolute atomic E-state index is 11.6. The number of nitrogens with zero attached hydrogens (tertiary/aromatic N) is 3. The molecule has 1 amide bonds. The van der Waals surface area contributed by atoms with E-state index in [1.807, 2.05) is 25.2 Å². The van der Waals surface area contributed by atoms with Crippen molar-refractivity contribution in [3.05, 3.63) is 40.7 Å². The first-order chi connectivity index (χ1) is 9.95. The summed E-state index contributed by atoms with van der Waals surface area (Å²) in [6.45, 7) is 0.619. The van der Waals surface area contributed by atoms with Crippen LogP contribution in [0, 0.1) is 0 Å². The van der Waals surface area contributed by atoms with Crippen molar-refractivity contribution in [3.8, 4) is 0 Å². The Hall–Kier alpha value is -2.34. The van der Waals surface area contributed by atoms with Crippen molar-refractivity contribution < 1.29 is 9.59 Å². The molecule has 1 aromatic heterocycles. The van der Waals surface area contributed by atoms with Crippen LogP contribution in [0.5, 0.6) is 0 Å².